The molecule has 0 radical (unpaired) electrons. The largest absolute Gasteiger partial charge is 0.348 e. The van der Waals surface area contributed by atoms with Crippen LogP contribution in [0.2, 0.25) is 0 Å². The van der Waals surface area contributed by atoms with E-state index >= 15 is 0 Å². The number of hydrogen-bond donors (Lipinski definition) is 1. The number of anilines is 1. The van der Waals surface area contributed by atoms with Gasteiger partial charge in [0.2, 0.25) is 0 Å². The number of rotatable bonds is 4. The summed E-state index contributed by atoms with van der Waals surface area (Å²) in [5.41, 5.74) is 2.44. The highest BCUT2D eigenvalue weighted by Gasteiger charge is 2.25. The second kappa shape index (κ2) is 5.89. The second-order valence-corrected chi connectivity index (χ2v) is 6.07. The number of aromatic nitrogens is 2. The zero-order valence-electron chi connectivity index (χ0n) is 12.0. The van der Waals surface area contributed by atoms with Crippen molar-refractivity contribution in [1.29, 1.82) is 0 Å². The van der Waals surface area contributed by atoms with Gasteiger partial charge in [0.15, 0.2) is 0 Å². The zero-order chi connectivity index (χ0) is 13.9. The summed E-state index contributed by atoms with van der Waals surface area (Å²) in [6, 6.07) is 2.63. The first-order valence-electron chi connectivity index (χ1n) is 7.14. The topological polar surface area (TPSA) is 41.1 Å². The molecule has 106 valence electrons. The molecule has 1 aliphatic rings. The molecule has 0 aromatic carbocycles. The minimum atomic E-state index is 0.388. The Morgan fingerprint density at radius 2 is 2.30 bits per heavy atom. The van der Waals surface area contributed by atoms with E-state index in [1.54, 1.807) is 0 Å². The maximum Gasteiger partial charge on any atom is 0.147 e. The molecule has 0 saturated heterocycles. The predicted octanol–water partition coefficient (Wildman–Crippen LogP) is 2.77. The van der Waals surface area contributed by atoms with Crippen molar-refractivity contribution in [3.8, 4) is 0 Å². The molecule has 1 N–H and O–H groups in total. The monoisotopic (exact) mass is 288 g/mol. The van der Waals surface area contributed by atoms with Gasteiger partial charge in [0.1, 0.15) is 5.82 Å². The molecule has 2 aromatic heterocycles. The van der Waals surface area contributed by atoms with Crippen molar-refractivity contribution in [2.75, 3.05) is 18.0 Å². The molecule has 3 rings (SSSR count). The summed E-state index contributed by atoms with van der Waals surface area (Å²) >= 11 is 1.87. The molecule has 20 heavy (non-hydrogen) atoms. The molecule has 1 aliphatic heterocycles. The lowest BCUT2D eigenvalue weighted by molar-refractivity contribution is 0.621. The van der Waals surface area contributed by atoms with Crippen molar-refractivity contribution in [1.82, 2.24) is 15.3 Å². The van der Waals surface area contributed by atoms with Crippen LogP contribution in [0.1, 0.15) is 36.0 Å². The van der Waals surface area contributed by atoms with E-state index in [-0.39, 0.29) is 0 Å². The van der Waals surface area contributed by atoms with Gasteiger partial charge in [-0.15, -0.1) is 11.3 Å². The summed E-state index contributed by atoms with van der Waals surface area (Å²) in [4.78, 5) is 13.0. The van der Waals surface area contributed by atoms with Crippen molar-refractivity contribution >= 4 is 17.2 Å². The predicted molar refractivity (Wildman–Crippen MR) is 83.2 cm³/mol. The average Bonchev–Trinajstić information content (AvgIpc) is 2.96. The summed E-state index contributed by atoms with van der Waals surface area (Å²) in [7, 11) is 0. The number of hydrogen-bond acceptors (Lipinski definition) is 5. The first-order chi connectivity index (χ1) is 9.79. The lowest BCUT2D eigenvalue weighted by Gasteiger charge is -2.34. The smallest absolute Gasteiger partial charge is 0.147 e. The molecule has 0 saturated carbocycles. The van der Waals surface area contributed by atoms with Crippen molar-refractivity contribution < 1.29 is 0 Å². The van der Waals surface area contributed by atoms with E-state index in [1.807, 2.05) is 23.7 Å². The fourth-order valence-corrected chi connectivity index (χ4v) is 3.63. The number of nitrogens with one attached hydrogen (secondary N) is 1. The molecule has 1 unspecified atom stereocenters. The SMILES string of the molecule is CCNCc1cnc(N2CCc3sccc3C2C)cn1. The van der Waals surface area contributed by atoms with E-state index < -0.39 is 0 Å². The van der Waals surface area contributed by atoms with E-state index in [1.165, 1.54) is 10.4 Å². The first-order valence-corrected chi connectivity index (χ1v) is 8.02. The molecule has 0 bridgehead atoms. The van der Waals surface area contributed by atoms with Crippen LogP contribution < -0.4 is 10.2 Å². The molecule has 4 nitrogen and oxygen atoms in total. The highest BCUT2D eigenvalue weighted by atomic mass is 32.1. The van der Waals surface area contributed by atoms with Crippen molar-refractivity contribution in [3.63, 3.8) is 0 Å². The highest BCUT2D eigenvalue weighted by molar-refractivity contribution is 7.10. The zero-order valence-corrected chi connectivity index (χ0v) is 12.8. The highest BCUT2D eigenvalue weighted by Crippen LogP contribution is 2.34. The third-order valence-corrected chi connectivity index (χ3v) is 4.82. The summed E-state index contributed by atoms with van der Waals surface area (Å²) in [5.74, 6) is 0.981. The lowest BCUT2D eigenvalue weighted by atomic mass is 10.0. The van der Waals surface area contributed by atoms with Gasteiger partial charge in [-0.05, 0) is 36.9 Å². The van der Waals surface area contributed by atoms with Gasteiger partial charge in [0, 0.05) is 18.0 Å². The van der Waals surface area contributed by atoms with E-state index in [2.05, 4.69) is 45.5 Å². The van der Waals surface area contributed by atoms with Gasteiger partial charge in [-0.2, -0.15) is 0 Å². The molecule has 2 aromatic rings. The maximum absolute atomic E-state index is 4.59. The Bertz CT molecular complexity index is 564. The number of fused-ring (bicyclic) bond motifs is 1. The Balaban J connectivity index is 1.76. The molecule has 3 heterocycles. The van der Waals surface area contributed by atoms with Gasteiger partial charge in [0.25, 0.3) is 0 Å². The summed E-state index contributed by atoms with van der Waals surface area (Å²) < 4.78 is 0. The van der Waals surface area contributed by atoms with Crippen LogP contribution in [0.4, 0.5) is 5.82 Å². The van der Waals surface area contributed by atoms with Gasteiger partial charge in [-0.25, -0.2) is 4.98 Å². The first kappa shape index (κ1) is 13.5. The molecule has 5 heteroatoms. The van der Waals surface area contributed by atoms with Crippen LogP contribution >= 0.6 is 11.3 Å². The van der Waals surface area contributed by atoms with Crippen LogP contribution in [-0.2, 0) is 13.0 Å². The quantitative estimate of drug-likeness (QED) is 0.939. The van der Waals surface area contributed by atoms with Crippen molar-refractivity contribution in [2.45, 2.75) is 32.9 Å². The summed E-state index contributed by atoms with van der Waals surface area (Å²) in [6.45, 7) is 7.10. The molecule has 0 amide bonds. The van der Waals surface area contributed by atoms with Gasteiger partial charge >= 0.3 is 0 Å². The van der Waals surface area contributed by atoms with Crippen molar-refractivity contribution in [3.05, 3.63) is 40.0 Å². The Labute approximate surface area is 123 Å². The summed E-state index contributed by atoms with van der Waals surface area (Å²) in [6.07, 6.45) is 4.90. The molecule has 1 atom stereocenters. The van der Waals surface area contributed by atoms with Crippen molar-refractivity contribution in [2.24, 2.45) is 0 Å². The maximum atomic E-state index is 4.59. The van der Waals surface area contributed by atoms with Gasteiger partial charge in [0.05, 0.1) is 24.1 Å². The molecule has 0 spiro atoms. The van der Waals surface area contributed by atoms with E-state index in [0.717, 1.165) is 37.6 Å². The van der Waals surface area contributed by atoms with Gasteiger partial charge in [-0.3, -0.25) is 4.98 Å². The lowest BCUT2D eigenvalue weighted by Crippen LogP contribution is -2.33. The molecular weight excluding hydrogens is 268 g/mol. The van der Waals surface area contributed by atoms with E-state index in [0.29, 0.717) is 6.04 Å². The Morgan fingerprint density at radius 3 is 3.05 bits per heavy atom. The van der Waals surface area contributed by atoms with Crippen LogP contribution in [-0.4, -0.2) is 23.1 Å². The van der Waals surface area contributed by atoms with E-state index in [9.17, 15) is 0 Å². The number of nitrogens with zero attached hydrogens (tertiary/aromatic N) is 3. The molecule has 0 aliphatic carbocycles. The second-order valence-electron chi connectivity index (χ2n) is 5.06. The van der Waals surface area contributed by atoms with Gasteiger partial charge in [-0.1, -0.05) is 6.92 Å². The van der Waals surface area contributed by atoms with Crippen LogP contribution in [0.15, 0.2) is 23.8 Å². The van der Waals surface area contributed by atoms with Crippen LogP contribution in [0, 0.1) is 0 Å². The minimum Gasteiger partial charge on any atom is -0.348 e. The third-order valence-electron chi connectivity index (χ3n) is 3.82. The third kappa shape index (κ3) is 2.55. The Hall–Kier alpha value is -1.46. The Morgan fingerprint density at radius 1 is 1.40 bits per heavy atom. The van der Waals surface area contributed by atoms with Crippen LogP contribution in [0.25, 0.3) is 0 Å². The van der Waals surface area contributed by atoms with Crippen LogP contribution in [0.5, 0.6) is 0 Å². The molecular formula is C15H20N4S. The molecule has 0 fully saturated rings. The fraction of sp³-hybridized carbons (Fsp3) is 0.467. The van der Waals surface area contributed by atoms with Gasteiger partial charge < -0.3 is 10.2 Å². The summed E-state index contributed by atoms with van der Waals surface area (Å²) in [5, 5.41) is 5.46. The normalized spacial score (nSPS) is 18.1. The van der Waals surface area contributed by atoms with E-state index in [4.69, 9.17) is 0 Å². The standard InChI is InChI=1S/C15H20N4S/c1-3-16-8-12-9-18-15(10-17-12)19-6-4-14-13(11(19)2)5-7-20-14/h5,7,9-11,16H,3-4,6,8H2,1-2H3. The van der Waals surface area contributed by atoms with Crippen LogP contribution in [0.3, 0.4) is 0 Å². The fourth-order valence-electron chi connectivity index (χ4n) is 2.66. The Kier molecular flexibility index (Phi) is 3.98. The minimum absolute atomic E-state index is 0.388. The number of thiophene rings is 1. The average molecular weight is 288 g/mol.